The summed E-state index contributed by atoms with van der Waals surface area (Å²) in [5, 5.41) is 4.21. The maximum absolute atomic E-state index is 11.7. The predicted octanol–water partition coefficient (Wildman–Crippen LogP) is 3.76. The van der Waals surface area contributed by atoms with Crippen LogP contribution in [0, 0.1) is 0 Å². The van der Waals surface area contributed by atoms with E-state index < -0.39 is 0 Å². The van der Waals surface area contributed by atoms with Crippen LogP contribution < -0.4 is 10.1 Å². The van der Waals surface area contributed by atoms with E-state index in [2.05, 4.69) is 23.5 Å². The summed E-state index contributed by atoms with van der Waals surface area (Å²) in [4.78, 5) is 24.8. The minimum atomic E-state index is -0.0537. The van der Waals surface area contributed by atoms with E-state index in [9.17, 15) is 9.59 Å². The molecule has 1 saturated heterocycles. The molecule has 0 aliphatic carbocycles. The smallest absolute Gasteiger partial charge is 0.229 e. The Balaban J connectivity index is 1.45. The highest BCUT2D eigenvalue weighted by atomic mass is 35.5. The van der Waals surface area contributed by atoms with Crippen LogP contribution in [0.25, 0.3) is 0 Å². The zero-order chi connectivity index (χ0) is 20.6. The molecule has 0 aromatic heterocycles. The molecule has 29 heavy (non-hydrogen) atoms. The third-order valence-electron chi connectivity index (χ3n) is 5.17. The van der Waals surface area contributed by atoms with Crippen LogP contribution in [-0.2, 0) is 29.0 Å². The quantitative estimate of drug-likeness (QED) is 0.475. The lowest BCUT2D eigenvalue weighted by atomic mass is 10.1. The number of likely N-dealkylation sites (tertiary alicyclic amines) is 1. The second-order valence-electron chi connectivity index (χ2n) is 7.24. The second-order valence-corrected chi connectivity index (χ2v) is 7.68. The fourth-order valence-electron chi connectivity index (χ4n) is 3.52. The minimum Gasteiger partial charge on any atom is -0.496 e. The molecular formula is C23H27ClN2O3. The van der Waals surface area contributed by atoms with Crippen molar-refractivity contribution < 1.29 is 14.3 Å². The summed E-state index contributed by atoms with van der Waals surface area (Å²) in [5.41, 5.74) is 3.51. The largest absolute Gasteiger partial charge is 0.496 e. The molecule has 5 nitrogen and oxygen atoms in total. The van der Waals surface area contributed by atoms with Gasteiger partial charge in [0.15, 0.2) is 0 Å². The van der Waals surface area contributed by atoms with E-state index >= 15 is 0 Å². The molecule has 2 amide bonds. The van der Waals surface area contributed by atoms with E-state index in [1.54, 1.807) is 7.11 Å². The average molecular weight is 415 g/mol. The Morgan fingerprint density at radius 1 is 1.00 bits per heavy atom. The van der Waals surface area contributed by atoms with Gasteiger partial charge in [-0.25, -0.2) is 0 Å². The van der Waals surface area contributed by atoms with Crippen LogP contribution in [0.3, 0.4) is 0 Å². The molecule has 1 heterocycles. The standard InChI is InChI=1S/C23H27ClN2O3/c1-29-21-15-18(16-25-13-12-17-5-8-20(24)9-6-17)4-7-19(21)3-2-14-26-22(27)10-11-23(26)28/h4-9,15,25H,2-3,10-14,16H2,1H3. The number of nitrogens with one attached hydrogen (secondary N) is 1. The third kappa shape index (κ3) is 6.05. The predicted molar refractivity (Wildman–Crippen MR) is 114 cm³/mol. The van der Waals surface area contributed by atoms with Gasteiger partial charge in [-0.05, 0) is 60.7 Å². The molecule has 0 spiro atoms. The first-order valence-electron chi connectivity index (χ1n) is 10.0. The molecule has 0 bridgehead atoms. The number of aryl methyl sites for hydroxylation is 1. The molecule has 1 N–H and O–H groups in total. The second kappa shape index (κ2) is 10.4. The number of amides is 2. The molecule has 1 aliphatic heterocycles. The summed E-state index contributed by atoms with van der Waals surface area (Å²) in [6.07, 6.45) is 3.15. The lowest BCUT2D eigenvalue weighted by Crippen LogP contribution is -2.30. The number of methoxy groups -OCH3 is 1. The summed E-state index contributed by atoms with van der Waals surface area (Å²) in [7, 11) is 1.67. The lowest BCUT2D eigenvalue weighted by molar-refractivity contribution is -0.138. The molecule has 0 atom stereocenters. The fourth-order valence-corrected chi connectivity index (χ4v) is 3.65. The van der Waals surface area contributed by atoms with Gasteiger partial charge in [0.25, 0.3) is 0 Å². The number of carbonyl (C=O) groups excluding carboxylic acids is 2. The molecule has 0 unspecified atom stereocenters. The Labute approximate surface area is 177 Å². The zero-order valence-corrected chi connectivity index (χ0v) is 17.5. The summed E-state index contributed by atoms with van der Waals surface area (Å²) >= 11 is 5.91. The Morgan fingerprint density at radius 2 is 1.69 bits per heavy atom. The maximum Gasteiger partial charge on any atom is 0.229 e. The van der Waals surface area contributed by atoms with Gasteiger partial charge < -0.3 is 10.1 Å². The van der Waals surface area contributed by atoms with Gasteiger partial charge in [0, 0.05) is 31.0 Å². The summed E-state index contributed by atoms with van der Waals surface area (Å²) in [6, 6.07) is 14.1. The molecule has 0 radical (unpaired) electrons. The van der Waals surface area contributed by atoms with Gasteiger partial charge in [-0.3, -0.25) is 14.5 Å². The van der Waals surface area contributed by atoms with Crippen LogP contribution in [-0.4, -0.2) is 36.9 Å². The topological polar surface area (TPSA) is 58.6 Å². The summed E-state index contributed by atoms with van der Waals surface area (Å²) in [6.45, 7) is 2.12. The number of nitrogens with zero attached hydrogens (tertiary/aromatic N) is 1. The van der Waals surface area contributed by atoms with Gasteiger partial charge >= 0.3 is 0 Å². The Hall–Kier alpha value is -2.37. The van der Waals surface area contributed by atoms with Gasteiger partial charge in [0.2, 0.25) is 11.8 Å². The number of rotatable bonds is 10. The lowest BCUT2D eigenvalue weighted by Gasteiger charge is -2.15. The number of hydrogen-bond donors (Lipinski definition) is 1. The molecule has 3 rings (SSSR count). The van der Waals surface area contributed by atoms with Crippen molar-refractivity contribution >= 4 is 23.4 Å². The first kappa shape index (κ1) is 21.3. The SMILES string of the molecule is COc1cc(CNCCc2ccc(Cl)cc2)ccc1CCCN1C(=O)CCC1=O. The van der Waals surface area contributed by atoms with Crippen LogP contribution in [0.2, 0.25) is 5.02 Å². The normalized spacial score (nSPS) is 13.9. The highest BCUT2D eigenvalue weighted by Gasteiger charge is 2.28. The first-order chi connectivity index (χ1) is 14.1. The van der Waals surface area contributed by atoms with Crippen molar-refractivity contribution in [1.29, 1.82) is 0 Å². The minimum absolute atomic E-state index is 0.0537. The Bertz CT molecular complexity index is 836. The number of hydrogen-bond acceptors (Lipinski definition) is 4. The van der Waals surface area contributed by atoms with Crippen molar-refractivity contribution in [2.24, 2.45) is 0 Å². The van der Waals surface area contributed by atoms with E-state index in [4.69, 9.17) is 16.3 Å². The molecule has 6 heteroatoms. The van der Waals surface area contributed by atoms with Crippen LogP contribution in [0.5, 0.6) is 5.75 Å². The number of imide groups is 1. The molecule has 0 saturated carbocycles. The van der Waals surface area contributed by atoms with E-state index in [1.165, 1.54) is 10.5 Å². The summed E-state index contributed by atoms with van der Waals surface area (Å²) < 4.78 is 5.55. The molecule has 2 aromatic rings. The maximum atomic E-state index is 11.7. The number of ether oxygens (including phenoxy) is 1. The van der Waals surface area contributed by atoms with Crippen molar-refractivity contribution in [3.05, 3.63) is 64.2 Å². The van der Waals surface area contributed by atoms with Crippen LogP contribution in [0.15, 0.2) is 42.5 Å². The van der Waals surface area contributed by atoms with Crippen molar-refractivity contribution in [2.45, 2.75) is 38.6 Å². The molecule has 1 fully saturated rings. The van der Waals surface area contributed by atoms with Crippen molar-refractivity contribution in [3.8, 4) is 5.75 Å². The zero-order valence-electron chi connectivity index (χ0n) is 16.7. The van der Waals surface area contributed by atoms with Crippen molar-refractivity contribution in [1.82, 2.24) is 10.2 Å². The molecule has 154 valence electrons. The van der Waals surface area contributed by atoms with Crippen LogP contribution in [0.4, 0.5) is 0 Å². The van der Waals surface area contributed by atoms with Crippen molar-refractivity contribution in [2.75, 3.05) is 20.2 Å². The van der Waals surface area contributed by atoms with Crippen LogP contribution >= 0.6 is 11.6 Å². The molecule has 2 aromatic carbocycles. The molecular weight excluding hydrogens is 388 g/mol. The van der Waals surface area contributed by atoms with E-state index in [-0.39, 0.29) is 11.8 Å². The van der Waals surface area contributed by atoms with E-state index in [0.29, 0.717) is 19.4 Å². The number of carbonyl (C=O) groups is 2. The van der Waals surface area contributed by atoms with Crippen molar-refractivity contribution in [3.63, 3.8) is 0 Å². The first-order valence-corrected chi connectivity index (χ1v) is 10.4. The highest BCUT2D eigenvalue weighted by Crippen LogP contribution is 2.22. The fraction of sp³-hybridized carbons (Fsp3) is 0.391. The molecule has 1 aliphatic rings. The van der Waals surface area contributed by atoms with Gasteiger partial charge in [0.05, 0.1) is 7.11 Å². The summed E-state index contributed by atoms with van der Waals surface area (Å²) in [5.74, 6) is 0.741. The van der Waals surface area contributed by atoms with Gasteiger partial charge in [-0.2, -0.15) is 0 Å². The van der Waals surface area contributed by atoms with E-state index in [1.807, 2.05) is 24.3 Å². The number of benzene rings is 2. The Kier molecular flexibility index (Phi) is 7.67. The monoisotopic (exact) mass is 414 g/mol. The van der Waals surface area contributed by atoms with Gasteiger partial charge in [0.1, 0.15) is 5.75 Å². The average Bonchev–Trinajstić information content (AvgIpc) is 3.05. The number of halogens is 1. The van der Waals surface area contributed by atoms with Gasteiger partial charge in [-0.15, -0.1) is 0 Å². The Morgan fingerprint density at radius 3 is 2.38 bits per heavy atom. The van der Waals surface area contributed by atoms with Crippen LogP contribution in [0.1, 0.15) is 36.0 Å². The van der Waals surface area contributed by atoms with E-state index in [0.717, 1.165) is 54.3 Å². The third-order valence-corrected chi connectivity index (χ3v) is 5.42. The van der Waals surface area contributed by atoms with Gasteiger partial charge in [-0.1, -0.05) is 35.9 Å². The highest BCUT2D eigenvalue weighted by molar-refractivity contribution is 6.30.